The minimum absolute atomic E-state index is 0.0551. The second-order valence-corrected chi connectivity index (χ2v) is 6.58. The predicted octanol–water partition coefficient (Wildman–Crippen LogP) is 0.778. The number of hydrogen-bond acceptors (Lipinski definition) is 5. The summed E-state index contributed by atoms with van der Waals surface area (Å²) in [5, 5.41) is 2.86. The Bertz CT molecular complexity index is 645. The van der Waals surface area contributed by atoms with E-state index in [2.05, 4.69) is 10.3 Å². The van der Waals surface area contributed by atoms with Crippen LogP contribution in [0.25, 0.3) is 0 Å². The van der Waals surface area contributed by atoms with E-state index in [0.29, 0.717) is 32.7 Å². The van der Waals surface area contributed by atoms with Crippen LogP contribution in [0.4, 0.5) is 0 Å². The van der Waals surface area contributed by atoms with Crippen molar-refractivity contribution in [1.82, 2.24) is 20.1 Å². The molecule has 2 heterocycles. The first-order chi connectivity index (χ1) is 12.5. The summed E-state index contributed by atoms with van der Waals surface area (Å²) in [7, 11) is 3.90. The first-order valence-electron chi connectivity index (χ1n) is 8.87. The lowest BCUT2D eigenvalue weighted by Gasteiger charge is -2.32. The highest BCUT2D eigenvalue weighted by Gasteiger charge is 2.24. The van der Waals surface area contributed by atoms with Gasteiger partial charge in [-0.25, -0.2) is 0 Å². The minimum Gasteiger partial charge on any atom is -0.368 e. The van der Waals surface area contributed by atoms with Crippen molar-refractivity contribution in [2.75, 3.05) is 46.9 Å². The molecule has 1 N–H and O–H groups in total. The van der Waals surface area contributed by atoms with Gasteiger partial charge in [0, 0.05) is 44.7 Å². The van der Waals surface area contributed by atoms with Crippen LogP contribution in [-0.2, 0) is 20.7 Å². The third-order valence-electron chi connectivity index (χ3n) is 4.09. The summed E-state index contributed by atoms with van der Waals surface area (Å²) in [6.07, 6.45) is 3.83. The fourth-order valence-corrected chi connectivity index (χ4v) is 2.67. The Hall–Kier alpha value is -2.25. The van der Waals surface area contributed by atoms with E-state index in [1.54, 1.807) is 17.9 Å². The van der Waals surface area contributed by atoms with Crippen molar-refractivity contribution in [3.05, 3.63) is 41.7 Å². The first-order valence-corrected chi connectivity index (χ1v) is 8.87. The maximum Gasteiger partial charge on any atom is 0.243 e. The van der Waals surface area contributed by atoms with E-state index in [9.17, 15) is 9.59 Å². The zero-order chi connectivity index (χ0) is 18.9. The Balaban J connectivity index is 1.84. The molecule has 142 valence electrons. The zero-order valence-electron chi connectivity index (χ0n) is 15.8. The third kappa shape index (κ3) is 6.57. The molecule has 0 aromatic carbocycles. The Morgan fingerprint density at radius 2 is 2.23 bits per heavy atom. The molecule has 1 unspecified atom stereocenters. The average Bonchev–Trinajstić information content (AvgIpc) is 2.62. The second-order valence-electron chi connectivity index (χ2n) is 6.58. The molecule has 1 aromatic heterocycles. The lowest BCUT2D eigenvalue weighted by Crippen LogP contribution is -2.41. The summed E-state index contributed by atoms with van der Waals surface area (Å²) >= 11 is 0. The topological polar surface area (TPSA) is 74.8 Å². The molecule has 1 aromatic rings. The first kappa shape index (κ1) is 20.1. The lowest BCUT2D eigenvalue weighted by atomic mass is 10.1. The van der Waals surface area contributed by atoms with E-state index in [1.807, 2.05) is 43.3 Å². The number of hydrogen-bond donors (Lipinski definition) is 1. The molecular formula is C19H28N4O3. The van der Waals surface area contributed by atoms with E-state index < -0.39 is 0 Å². The van der Waals surface area contributed by atoms with Crippen LogP contribution in [0.1, 0.15) is 24.4 Å². The predicted molar refractivity (Wildman–Crippen MR) is 99.6 cm³/mol. The molecule has 1 aliphatic rings. The number of aromatic nitrogens is 1. The smallest absolute Gasteiger partial charge is 0.243 e. The van der Waals surface area contributed by atoms with Crippen molar-refractivity contribution < 1.29 is 14.3 Å². The van der Waals surface area contributed by atoms with E-state index in [4.69, 9.17) is 4.74 Å². The summed E-state index contributed by atoms with van der Waals surface area (Å²) in [6, 6.07) is 5.79. The molecule has 2 rings (SSSR count). The SMILES string of the molecule is CC(=O)N1CCOC(c2cccc(CCNC(=O)/C=C/CN(C)C)n2)C1. The maximum absolute atomic E-state index is 11.7. The second kappa shape index (κ2) is 10.0. The van der Waals surface area contributed by atoms with E-state index in [1.165, 1.54) is 0 Å². The number of nitrogens with zero attached hydrogens (tertiary/aromatic N) is 3. The van der Waals surface area contributed by atoms with Crippen molar-refractivity contribution in [3.63, 3.8) is 0 Å². The summed E-state index contributed by atoms with van der Waals surface area (Å²) in [5.41, 5.74) is 1.72. The third-order valence-corrected chi connectivity index (χ3v) is 4.09. The molecule has 7 nitrogen and oxygen atoms in total. The molecule has 1 fully saturated rings. The van der Waals surface area contributed by atoms with Gasteiger partial charge in [0.1, 0.15) is 6.10 Å². The van der Waals surface area contributed by atoms with Crippen molar-refractivity contribution in [2.45, 2.75) is 19.4 Å². The monoisotopic (exact) mass is 360 g/mol. The van der Waals surface area contributed by atoms with Gasteiger partial charge in [-0.3, -0.25) is 14.6 Å². The number of ether oxygens (including phenoxy) is 1. The van der Waals surface area contributed by atoms with Crippen LogP contribution in [-0.4, -0.2) is 73.5 Å². The van der Waals surface area contributed by atoms with Gasteiger partial charge in [0.2, 0.25) is 11.8 Å². The molecule has 0 aliphatic carbocycles. The van der Waals surface area contributed by atoms with Crippen molar-refractivity contribution in [3.8, 4) is 0 Å². The van der Waals surface area contributed by atoms with Gasteiger partial charge in [-0.2, -0.15) is 0 Å². The Kier molecular flexibility index (Phi) is 7.74. The summed E-state index contributed by atoms with van der Waals surface area (Å²) in [6.45, 7) is 4.49. The van der Waals surface area contributed by atoms with Gasteiger partial charge in [0.25, 0.3) is 0 Å². The maximum atomic E-state index is 11.7. The van der Waals surface area contributed by atoms with E-state index >= 15 is 0 Å². The number of pyridine rings is 1. The Labute approximate surface area is 155 Å². The fourth-order valence-electron chi connectivity index (χ4n) is 2.67. The van der Waals surface area contributed by atoms with Gasteiger partial charge in [0.15, 0.2) is 0 Å². The van der Waals surface area contributed by atoms with E-state index in [0.717, 1.165) is 17.9 Å². The van der Waals surface area contributed by atoms with Gasteiger partial charge >= 0.3 is 0 Å². The van der Waals surface area contributed by atoms with E-state index in [-0.39, 0.29) is 17.9 Å². The number of rotatable bonds is 7. The van der Waals surface area contributed by atoms with Crippen LogP contribution in [0.2, 0.25) is 0 Å². The molecule has 2 amide bonds. The van der Waals surface area contributed by atoms with Crippen LogP contribution in [0.3, 0.4) is 0 Å². The molecule has 1 saturated heterocycles. The zero-order valence-corrected chi connectivity index (χ0v) is 15.8. The minimum atomic E-state index is -0.198. The quantitative estimate of drug-likeness (QED) is 0.728. The normalized spacial score (nSPS) is 17.7. The van der Waals surface area contributed by atoms with Crippen molar-refractivity contribution in [1.29, 1.82) is 0 Å². The van der Waals surface area contributed by atoms with Gasteiger partial charge in [-0.15, -0.1) is 0 Å². The fraction of sp³-hybridized carbons (Fsp3) is 0.526. The van der Waals surface area contributed by atoms with Crippen LogP contribution >= 0.6 is 0 Å². The molecule has 26 heavy (non-hydrogen) atoms. The van der Waals surface area contributed by atoms with Crippen molar-refractivity contribution >= 4 is 11.8 Å². The molecule has 0 spiro atoms. The average molecular weight is 360 g/mol. The molecule has 1 atom stereocenters. The van der Waals surface area contributed by atoms with Gasteiger partial charge in [-0.05, 0) is 26.2 Å². The molecule has 0 bridgehead atoms. The number of carbonyl (C=O) groups is 2. The Morgan fingerprint density at radius 1 is 1.42 bits per heavy atom. The van der Waals surface area contributed by atoms with Gasteiger partial charge < -0.3 is 19.9 Å². The van der Waals surface area contributed by atoms with Crippen LogP contribution in [0, 0.1) is 0 Å². The standard InChI is InChI=1S/C19H28N4O3/c1-15(24)23-12-13-26-18(14-23)17-7-4-6-16(21-17)9-10-20-19(25)8-5-11-22(2)3/h4-8,18H,9-14H2,1-3H3,(H,20,25)/b8-5+. The number of nitrogens with one attached hydrogen (secondary N) is 1. The summed E-state index contributed by atoms with van der Waals surface area (Å²) < 4.78 is 5.77. The van der Waals surface area contributed by atoms with Gasteiger partial charge in [0.05, 0.1) is 18.8 Å². The summed E-state index contributed by atoms with van der Waals surface area (Å²) in [4.78, 5) is 31.7. The molecule has 0 saturated carbocycles. The van der Waals surface area contributed by atoms with Gasteiger partial charge in [-0.1, -0.05) is 12.1 Å². The molecule has 7 heteroatoms. The number of amides is 2. The van der Waals surface area contributed by atoms with Crippen LogP contribution in [0.5, 0.6) is 0 Å². The number of morpholine rings is 1. The highest BCUT2D eigenvalue weighted by atomic mass is 16.5. The number of likely N-dealkylation sites (N-methyl/N-ethyl adjacent to an activating group) is 1. The highest BCUT2D eigenvalue weighted by Crippen LogP contribution is 2.20. The lowest BCUT2D eigenvalue weighted by molar-refractivity contribution is -0.136. The molecular weight excluding hydrogens is 332 g/mol. The van der Waals surface area contributed by atoms with Crippen LogP contribution in [0.15, 0.2) is 30.4 Å². The Morgan fingerprint density at radius 3 is 2.96 bits per heavy atom. The number of carbonyl (C=O) groups excluding carboxylic acids is 2. The van der Waals surface area contributed by atoms with Crippen LogP contribution < -0.4 is 5.32 Å². The molecule has 0 radical (unpaired) electrons. The van der Waals surface area contributed by atoms with Crippen molar-refractivity contribution in [2.24, 2.45) is 0 Å². The summed E-state index contributed by atoms with van der Waals surface area (Å²) in [5.74, 6) is -0.0461. The largest absolute Gasteiger partial charge is 0.368 e. The molecule has 1 aliphatic heterocycles. The highest BCUT2D eigenvalue weighted by molar-refractivity contribution is 5.87.